The van der Waals surface area contributed by atoms with Gasteiger partial charge in [-0.25, -0.2) is 13.6 Å². The summed E-state index contributed by atoms with van der Waals surface area (Å²) in [6.45, 7) is 2.85. The molecule has 0 saturated carbocycles. The number of hydrogen-bond acceptors (Lipinski definition) is 5. The van der Waals surface area contributed by atoms with E-state index in [4.69, 9.17) is 9.56 Å². The molecule has 0 saturated heterocycles. The van der Waals surface area contributed by atoms with Crippen LogP contribution in [0, 0.1) is 6.92 Å². The van der Waals surface area contributed by atoms with Gasteiger partial charge in [-0.15, -0.1) is 0 Å². The van der Waals surface area contributed by atoms with Gasteiger partial charge >= 0.3 is 6.18 Å². The van der Waals surface area contributed by atoms with Crippen LogP contribution in [0.5, 0.6) is 0 Å². The Balaban J connectivity index is 2.22. The van der Waals surface area contributed by atoms with E-state index in [-0.39, 0.29) is 10.7 Å². The minimum Gasteiger partial charge on any atom is -0.463 e. The summed E-state index contributed by atoms with van der Waals surface area (Å²) >= 11 is 0. The summed E-state index contributed by atoms with van der Waals surface area (Å²) in [5.41, 5.74) is -3.20. The molecule has 28 heavy (non-hydrogen) atoms. The van der Waals surface area contributed by atoms with Crippen LogP contribution in [0.15, 0.2) is 45.7 Å². The van der Waals surface area contributed by atoms with E-state index in [9.17, 15) is 31.5 Å². The lowest BCUT2D eigenvalue weighted by molar-refractivity contribution is -0.273. The monoisotopic (exact) mass is 420 g/mol. The van der Waals surface area contributed by atoms with Gasteiger partial charge in [0.1, 0.15) is 11.5 Å². The lowest BCUT2D eigenvalue weighted by Crippen LogP contribution is -2.46. The third kappa shape index (κ3) is 4.72. The first-order valence-corrected chi connectivity index (χ1v) is 9.57. The summed E-state index contributed by atoms with van der Waals surface area (Å²) in [4.78, 5) is 12.0. The maximum atomic E-state index is 13.4. The number of furan rings is 1. The van der Waals surface area contributed by atoms with Gasteiger partial charge in [0.25, 0.3) is 0 Å². The molecule has 154 valence electrons. The van der Waals surface area contributed by atoms with E-state index in [0.717, 1.165) is 6.07 Å². The Labute approximate surface area is 159 Å². The first-order valence-electron chi connectivity index (χ1n) is 8.02. The van der Waals surface area contributed by atoms with Crippen LogP contribution >= 0.6 is 0 Å². The number of aryl methyl sites for hydroxylation is 1. The quantitative estimate of drug-likeness (QED) is 0.662. The Bertz CT molecular complexity index is 971. The number of primary sulfonamides is 1. The lowest BCUT2D eigenvalue weighted by atomic mass is 9.95. The molecule has 1 aromatic carbocycles. The number of benzene rings is 1. The molecule has 0 spiro atoms. The first-order chi connectivity index (χ1) is 12.7. The molecule has 1 amide bonds. The van der Waals surface area contributed by atoms with Crippen LogP contribution < -0.4 is 10.5 Å². The Morgan fingerprint density at radius 1 is 1.29 bits per heavy atom. The third-order valence-corrected chi connectivity index (χ3v) is 5.01. The molecular weight excluding hydrogens is 401 g/mol. The Morgan fingerprint density at radius 3 is 2.43 bits per heavy atom. The van der Waals surface area contributed by atoms with Crippen molar-refractivity contribution in [3.05, 3.63) is 53.5 Å². The fraction of sp³-hybridized carbons (Fsp3) is 0.353. The number of halogens is 3. The zero-order chi connectivity index (χ0) is 21.3. The smallest absolute Gasteiger partial charge is 0.425 e. The number of alkyl halides is 3. The number of rotatable bonds is 6. The predicted molar refractivity (Wildman–Crippen MR) is 92.4 cm³/mol. The van der Waals surface area contributed by atoms with Crippen molar-refractivity contribution in [3.8, 4) is 0 Å². The van der Waals surface area contributed by atoms with Crippen molar-refractivity contribution in [2.75, 3.05) is 0 Å². The van der Waals surface area contributed by atoms with Gasteiger partial charge in [-0.3, -0.25) is 4.79 Å². The van der Waals surface area contributed by atoms with E-state index in [1.54, 1.807) is 0 Å². The molecule has 2 aromatic rings. The summed E-state index contributed by atoms with van der Waals surface area (Å²) in [5, 5.41) is 17.5. The van der Waals surface area contributed by atoms with Gasteiger partial charge in [-0.1, -0.05) is 12.1 Å². The van der Waals surface area contributed by atoms with E-state index in [2.05, 4.69) is 5.32 Å². The van der Waals surface area contributed by atoms with Crippen LogP contribution in [0.3, 0.4) is 0 Å². The zero-order valence-corrected chi connectivity index (χ0v) is 15.8. The number of nitrogens with one attached hydrogen (secondary N) is 1. The summed E-state index contributed by atoms with van der Waals surface area (Å²) in [5.74, 6) is -1.76. The Kier molecular flexibility index (Phi) is 5.93. The molecule has 11 heteroatoms. The lowest BCUT2D eigenvalue weighted by Gasteiger charge is -2.28. The van der Waals surface area contributed by atoms with Crippen LogP contribution in [-0.4, -0.2) is 25.6 Å². The maximum absolute atomic E-state index is 13.4. The van der Waals surface area contributed by atoms with E-state index in [0.29, 0.717) is 5.56 Å². The average molecular weight is 420 g/mol. The fourth-order valence-corrected chi connectivity index (χ4v) is 3.12. The van der Waals surface area contributed by atoms with Crippen LogP contribution in [0.1, 0.15) is 36.5 Å². The van der Waals surface area contributed by atoms with E-state index >= 15 is 0 Å². The van der Waals surface area contributed by atoms with Crippen molar-refractivity contribution in [1.29, 1.82) is 0 Å². The number of carbonyl (C=O) groups is 1. The van der Waals surface area contributed by atoms with Gasteiger partial charge in [0, 0.05) is 0 Å². The Morgan fingerprint density at radius 2 is 1.93 bits per heavy atom. The van der Waals surface area contributed by atoms with Crippen molar-refractivity contribution < 1.29 is 35.9 Å². The highest BCUT2D eigenvalue weighted by Gasteiger charge is 2.58. The molecule has 0 unspecified atom stereocenters. The summed E-state index contributed by atoms with van der Waals surface area (Å²) < 4.78 is 68.0. The van der Waals surface area contributed by atoms with E-state index < -0.39 is 45.9 Å². The molecule has 4 N–H and O–H groups in total. The Hall–Kier alpha value is -2.37. The fourth-order valence-electron chi connectivity index (χ4n) is 2.55. The summed E-state index contributed by atoms with van der Waals surface area (Å²) in [6.07, 6.45) is -6.49. The SMILES string of the molecule is Cc1ccc([C@@](O)(CC(=O)N[C@@H](C)c2cccc(S(N)(=O)=O)c2)C(F)(F)F)o1. The standard InChI is InChI=1S/C17H19F3N2O5S/c1-10-6-7-14(27-10)16(24,17(18,19)20)9-15(23)22-11(2)12-4-3-5-13(8-12)28(21,25)26/h3-8,11,24H,9H2,1-2H3,(H,22,23)(H2,21,25,26)/t11-,16-/m0/s1. The highest BCUT2D eigenvalue weighted by molar-refractivity contribution is 7.89. The predicted octanol–water partition coefficient (Wildman–Crippen LogP) is 2.25. The average Bonchev–Trinajstić information content (AvgIpc) is 3.00. The van der Waals surface area contributed by atoms with Crippen LogP contribution in [0.25, 0.3) is 0 Å². The number of aliphatic hydroxyl groups is 1. The highest BCUT2D eigenvalue weighted by Crippen LogP contribution is 2.42. The van der Waals surface area contributed by atoms with Gasteiger partial charge in [0.15, 0.2) is 0 Å². The third-order valence-electron chi connectivity index (χ3n) is 4.10. The number of amides is 1. The van der Waals surface area contributed by atoms with Crippen molar-refractivity contribution in [2.45, 2.75) is 43.0 Å². The minimum absolute atomic E-state index is 0.145. The van der Waals surface area contributed by atoms with Crippen molar-refractivity contribution in [2.24, 2.45) is 5.14 Å². The highest BCUT2D eigenvalue weighted by atomic mass is 32.2. The number of hydrogen-bond donors (Lipinski definition) is 3. The topological polar surface area (TPSA) is 123 Å². The molecule has 0 bridgehead atoms. The van der Waals surface area contributed by atoms with Crippen LogP contribution in [0.2, 0.25) is 0 Å². The maximum Gasteiger partial charge on any atom is 0.425 e. The first kappa shape index (κ1) is 21.9. The van der Waals surface area contributed by atoms with E-state index in [1.807, 2.05) is 0 Å². The largest absolute Gasteiger partial charge is 0.463 e. The number of sulfonamides is 1. The molecule has 0 aliphatic carbocycles. The van der Waals surface area contributed by atoms with E-state index in [1.165, 1.54) is 44.2 Å². The number of nitrogens with two attached hydrogens (primary N) is 1. The summed E-state index contributed by atoms with van der Waals surface area (Å²) in [6, 6.07) is 6.66. The molecule has 1 heterocycles. The van der Waals surface area contributed by atoms with Gasteiger partial charge < -0.3 is 14.8 Å². The van der Waals surface area contributed by atoms with Gasteiger partial charge in [-0.05, 0) is 43.7 Å². The molecular formula is C17H19F3N2O5S. The molecule has 2 atom stereocenters. The van der Waals surface area contributed by atoms with Gasteiger partial charge in [0.05, 0.1) is 17.4 Å². The molecule has 0 radical (unpaired) electrons. The normalized spacial score (nSPS) is 15.7. The van der Waals surface area contributed by atoms with Gasteiger partial charge in [0.2, 0.25) is 21.5 Å². The van der Waals surface area contributed by atoms with Crippen LogP contribution in [-0.2, 0) is 20.4 Å². The zero-order valence-electron chi connectivity index (χ0n) is 14.9. The second kappa shape index (κ2) is 7.57. The second-order valence-electron chi connectivity index (χ2n) is 6.35. The minimum atomic E-state index is -5.16. The molecule has 0 aliphatic rings. The molecule has 0 aliphatic heterocycles. The molecule has 7 nitrogen and oxygen atoms in total. The van der Waals surface area contributed by atoms with Gasteiger partial charge in [-0.2, -0.15) is 13.2 Å². The number of carbonyl (C=O) groups excluding carboxylic acids is 1. The van der Waals surface area contributed by atoms with Crippen molar-refractivity contribution >= 4 is 15.9 Å². The molecule has 1 aromatic heterocycles. The molecule has 2 rings (SSSR count). The van der Waals surface area contributed by atoms with Crippen molar-refractivity contribution in [1.82, 2.24) is 5.32 Å². The van der Waals surface area contributed by atoms with Crippen molar-refractivity contribution in [3.63, 3.8) is 0 Å². The van der Waals surface area contributed by atoms with Crippen LogP contribution in [0.4, 0.5) is 13.2 Å². The summed E-state index contributed by atoms with van der Waals surface area (Å²) in [7, 11) is -3.98. The molecule has 0 fully saturated rings. The second-order valence-corrected chi connectivity index (χ2v) is 7.91.